The second-order valence-corrected chi connectivity index (χ2v) is 22.1. The molecule has 0 saturated carbocycles. The Labute approximate surface area is 224 Å². The summed E-state index contributed by atoms with van der Waals surface area (Å²) in [4.78, 5) is -0.0896. The van der Waals surface area contributed by atoms with Gasteiger partial charge in [0.05, 0.1) is 0 Å². The predicted molar refractivity (Wildman–Crippen MR) is 145 cm³/mol. The van der Waals surface area contributed by atoms with Crippen molar-refractivity contribution in [3.05, 3.63) is 131 Å². The van der Waals surface area contributed by atoms with Crippen molar-refractivity contribution in [1.29, 1.82) is 0 Å². The van der Waals surface area contributed by atoms with E-state index < -0.39 is 39.4 Å². The molecule has 0 unspecified atom stereocenters. The van der Waals surface area contributed by atoms with Gasteiger partial charge in [0.15, 0.2) is 0 Å². The van der Waals surface area contributed by atoms with Gasteiger partial charge in [-0.25, -0.2) is 0 Å². The number of hydrogen-bond acceptors (Lipinski definition) is 6. The Balaban J connectivity index is 1.85. The first-order chi connectivity index (χ1) is 17.6. The molecular weight excluding hydrogens is 615 g/mol. The van der Waals surface area contributed by atoms with Crippen LogP contribution in [0.3, 0.4) is 0 Å². The summed E-state index contributed by atoms with van der Waals surface area (Å²) in [6.07, 6.45) is 0. The summed E-state index contributed by atoms with van der Waals surface area (Å²) in [6.45, 7) is 3.70. The third kappa shape index (κ3) is 7.29. The first-order valence-electron chi connectivity index (χ1n) is 11.7. The van der Waals surface area contributed by atoms with Gasteiger partial charge in [-0.3, -0.25) is 0 Å². The molecule has 9 heteroatoms. The number of hydrogen-bond donors (Lipinski definition) is 0. The van der Waals surface area contributed by atoms with Gasteiger partial charge >= 0.3 is 225 Å². The Morgan fingerprint density at radius 1 is 0.514 bits per heavy atom. The van der Waals surface area contributed by atoms with Crippen molar-refractivity contribution in [2.45, 2.75) is 32.5 Å². The molecule has 0 aliphatic carbocycles. The fourth-order valence-electron chi connectivity index (χ4n) is 3.91. The van der Waals surface area contributed by atoms with E-state index in [0.717, 1.165) is 22.3 Å². The molecule has 0 fully saturated rings. The molecule has 4 aromatic carbocycles. The molecule has 0 aliphatic heterocycles. The molecule has 192 valence electrons. The van der Waals surface area contributed by atoms with Crippen molar-refractivity contribution in [3.8, 4) is 0 Å². The van der Waals surface area contributed by atoms with Crippen molar-refractivity contribution in [2.75, 3.05) is 0 Å². The van der Waals surface area contributed by atoms with Crippen molar-refractivity contribution in [1.82, 2.24) is 0 Å². The Bertz CT molecular complexity index is 1420. The number of benzene rings is 4. The first-order valence-corrected chi connectivity index (χ1v) is 20.9. The summed E-state index contributed by atoms with van der Waals surface area (Å²) < 4.78 is 66.4. The molecule has 0 bridgehead atoms. The van der Waals surface area contributed by atoms with Gasteiger partial charge < -0.3 is 0 Å². The van der Waals surface area contributed by atoms with Gasteiger partial charge in [-0.1, -0.05) is 0 Å². The molecule has 4 rings (SSSR count). The average Bonchev–Trinajstić information content (AvgIpc) is 2.85. The normalized spacial score (nSPS) is 12.4. The van der Waals surface area contributed by atoms with Gasteiger partial charge in [0.25, 0.3) is 0 Å². The van der Waals surface area contributed by atoms with E-state index in [1.807, 2.05) is 74.5 Å². The van der Waals surface area contributed by atoms with Crippen LogP contribution in [0.1, 0.15) is 22.3 Å². The standard InChI is InChI=1S/2C7H8O3S.2C7H7.Sn/c2*1-6-2-4-7(5-3-6)11(8,9)10;2*1-7-5-3-2-4-6-7;/h2*2-5H,1H3,(H,8,9,10);2*2-6H,1H2;/q;;;;+2/p-2. The maximum atomic E-state index is 13.6. The Morgan fingerprint density at radius 3 is 1.16 bits per heavy atom. The first kappa shape index (κ1) is 27.5. The molecule has 6 nitrogen and oxygen atoms in total. The van der Waals surface area contributed by atoms with Gasteiger partial charge in [-0.05, 0) is 0 Å². The molecule has 0 radical (unpaired) electrons. The number of rotatable bonds is 10. The maximum absolute atomic E-state index is 13.6. The van der Waals surface area contributed by atoms with E-state index in [4.69, 9.17) is 5.04 Å². The van der Waals surface area contributed by atoms with Crippen LogP contribution in [0, 0.1) is 13.8 Å². The van der Waals surface area contributed by atoms with Crippen LogP contribution in [-0.2, 0) is 34.2 Å². The minimum absolute atomic E-state index is 0.0448. The van der Waals surface area contributed by atoms with E-state index in [1.54, 1.807) is 24.3 Å². The molecule has 4 aromatic rings. The van der Waals surface area contributed by atoms with E-state index in [1.165, 1.54) is 24.3 Å². The van der Waals surface area contributed by atoms with Crippen molar-refractivity contribution in [2.24, 2.45) is 0 Å². The zero-order valence-corrected chi connectivity index (χ0v) is 25.1. The van der Waals surface area contributed by atoms with Gasteiger partial charge in [0, 0.05) is 0 Å². The molecule has 0 saturated heterocycles. The minimum atomic E-state index is -5.15. The molecule has 0 N–H and O–H groups in total. The second-order valence-electron chi connectivity index (χ2n) is 8.94. The van der Waals surface area contributed by atoms with E-state index >= 15 is 0 Å². The van der Waals surface area contributed by atoms with E-state index in [2.05, 4.69) is 0 Å². The zero-order valence-electron chi connectivity index (χ0n) is 20.6. The summed E-state index contributed by atoms with van der Waals surface area (Å²) >= 11 is -5.15. The molecular formula is C28H28O6S2Sn. The Kier molecular flexibility index (Phi) is 8.55. The summed E-state index contributed by atoms with van der Waals surface area (Å²) in [5, 5.41) is 0. The molecule has 37 heavy (non-hydrogen) atoms. The van der Waals surface area contributed by atoms with E-state index in [-0.39, 0.29) is 18.7 Å². The van der Waals surface area contributed by atoms with E-state index in [0.29, 0.717) is 0 Å². The fourth-order valence-corrected chi connectivity index (χ4v) is 22.7. The third-order valence-electron chi connectivity index (χ3n) is 5.78. The van der Waals surface area contributed by atoms with Crippen LogP contribution in [0.4, 0.5) is 0 Å². The Morgan fingerprint density at radius 2 is 0.838 bits per heavy atom. The van der Waals surface area contributed by atoms with Crippen molar-refractivity contribution in [3.63, 3.8) is 0 Å². The van der Waals surface area contributed by atoms with Crippen molar-refractivity contribution < 1.29 is 21.9 Å². The van der Waals surface area contributed by atoms with Crippen LogP contribution in [0.5, 0.6) is 0 Å². The SMILES string of the molecule is Cc1ccc(S(=O)(=O)[O][Sn]([CH2]c2ccccc2)([CH2]c2ccccc2)[O]S(=O)(=O)c2ccc(C)cc2)cc1. The molecule has 0 spiro atoms. The monoisotopic (exact) mass is 644 g/mol. The van der Waals surface area contributed by atoms with E-state index in [9.17, 15) is 16.8 Å². The third-order valence-corrected chi connectivity index (χ3v) is 22.9. The van der Waals surface area contributed by atoms with Crippen LogP contribution < -0.4 is 0 Å². The topological polar surface area (TPSA) is 86.7 Å². The summed E-state index contributed by atoms with van der Waals surface area (Å²) in [5.41, 5.74) is 3.26. The predicted octanol–water partition coefficient (Wildman–Crippen LogP) is 5.42. The quantitative estimate of drug-likeness (QED) is 0.215. The van der Waals surface area contributed by atoms with Gasteiger partial charge in [-0.2, -0.15) is 0 Å². The van der Waals surface area contributed by atoms with Gasteiger partial charge in [0.2, 0.25) is 0 Å². The van der Waals surface area contributed by atoms with Crippen LogP contribution in [0.15, 0.2) is 119 Å². The summed E-state index contributed by atoms with van der Waals surface area (Å²) in [5.74, 6) is 0. The summed E-state index contributed by atoms with van der Waals surface area (Å²) in [6, 6.07) is 30.8. The van der Waals surface area contributed by atoms with Crippen LogP contribution >= 0.6 is 0 Å². The molecule has 0 aliphatic rings. The van der Waals surface area contributed by atoms with Crippen LogP contribution in [0.25, 0.3) is 0 Å². The Hall–Kier alpha value is -2.50. The van der Waals surface area contributed by atoms with Crippen molar-refractivity contribution >= 4 is 39.4 Å². The fraction of sp³-hybridized carbons (Fsp3) is 0.143. The van der Waals surface area contributed by atoms with Crippen LogP contribution in [-0.4, -0.2) is 36.0 Å². The molecule has 0 amide bonds. The van der Waals surface area contributed by atoms with Crippen LogP contribution in [0.2, 0.25) is 0 Å². The average molecular weight is 643 g/mol. The van der Waals surface area contributed by atoms with Gasteiger partial charge in [-0.15, -0.1) is 0 Å². The van der Waals surface area contributed by atoms with Gasteiger partial charge in [0.1, 0.15) is 0 Å². The molecule has 0 heterocycles. The number of aryl methyl sites for hydroxylation is 2. The zero-order chi connectivity index (χ0) is 26.5. The second kappa shape index (κ2) is 11.5. The molecule has 0 atom stereocenters. The summed E-state index contributed by atoms with van der Waals surface area (Å²) in [7, 11) is -8.66. The molecule has 0 aromatic heterocycles.